The molecule has 178 valence electrons. The number of nitrogens with zero attached hydrogens (tertiary/aromatic N) is 4. The molecule has 0 saturated heterocycles. The first-order valence-corrected chi connectivity index (χ1v) is 11.1. The number of nitrogens with two attached hydrogens (primary N) is 1. The van der Waals surface area contributed by atoms with E-state index in [1.165, 1.54) is 11.1 Å². The Morgan fingerprint density at radius 3 is 2.74 bits per heavy atom. The van der Waals surface area contributed by atoms with Crippen LogP contribution in [0.2, 0.25) is 0 Å². The third-order valence-corrected chi connectivity index (χ3v) is 5.73. The van der Waals surface area contributed by atoms with Gasteiger partial charge in [0.1, 0.15) is 5.75 Å². The molecule has 4 rings (SSSR count). The SMILES string of the molecule is CCN1CCc2cc(OC)c(Nc3nnc(C(N)=O)c(Nc4cccc(COC)c4)n3)cc2C1. The van der Waals surface area contributed by atoms with Crippen LogP contribution in [0.25, 0.3) is 0 Å². The van der Waals surface area contributed by atoms with E-state index in [9.17, 15) is 4.79 Å². The van der Waals surface area contributed by atoms with Gasteiger partial charge in [0.25, 0.3) is 5.91 Å². The molecule has 1 amide bonds. The molecule has 0 fully saturated rings. The van der Waals surface area contributed by atoms with Crippen molar-refractivity contribution in [2.45, 2.75) is 26.5 Å². The first-order chi connectivity index (χ1) is 16.5. The van der Waals surface area contributed by atoms with Crippen LogP contribution >= 0.6 is 0 Å². The lowest BCUT2D eigenvalue weighted by Crippen LogP contribution is -2.30. The number of amides is 1. The number of hydrogen-bond donors (Lipinski definition) is 3. The molecule has 0 saturated carbocycles. The normalized spacial score (nSPS) is 13.3. The Bertz CT molecular complexity index is 1190. The van der Waals surface area contributed by atoms with Crippen molar-refractivity contribution in [3.63, 3.8) is 0 Å². The van der Waals surface area contributed by atoms with Crippen LogP contribution in [0.5, 0.6) is 5.75 Å². The number of methoxy groups -OCH3 is 2. The molecule has 0 unspecified atom stereocenters. The highest BCUT2D eigenvalue weighted by atomic mass is 16.5. The number of ether oxygens (including phenoxy) is 2. The largest absolute Gasteiger partial charge is 0.495 e. The van der Waals surface area contributed by atoms with Gasteiger partial charge < -0.3 is 25.8 Å². The van der Waals surface area contributed by atoms with E-state index in [1.807, 2.05) is 24.3 Å². The number of carbonyl (C=O) groups is 1. The molecule has 4 N–H and O–H groups in total. The van der Waals surface area contributed by atoms with Crippen molar-refractivity contribution in [3.05, 3.63) is 58.8 Å². The summed E-state index contributed by atoms with van der Waals surface area (Å²) in [4.78, 5) is 18.8. The average molecular weight is 464 g/mol. The number of carbonyl (C=O) groups excluding carboxylic acids is 1. The van der Waals surface area contributed by atoms with Gasteiger partial charge in [-0.15, -0.1) is 10.2 Å². The lowest BCUT2D eigenvalue weighted by atomic mass is 9.98. The van der Waals surface area contributed by atoms with Gasteiger partial charge in [-0.3, -0.25) is 9.69 Å². The van der Waals surface area contributed by atoms with Gasteiger partial charge in [-0.2, -0.15) is 4.98 Å². The Kier molecular flexibility index (Phi) is 7.19. The Morgan fingerprint density at radius 1 is 1.15 bits per heavy atom. The zero-order valence-electron chi connectivity index (χ0n) is 19.6. The fourth-order valence-electron chi connectivity index (χ4n) is 3.98. The average Bonchev–Trinajstić information content (AvgIpc) is 2.83. The molecule has 1 aromatic heterocycles. The van der Waals surface area contributed by atoms with Crippen molar-refractivity contribution in [1.29, 1.82) is 0 Å². The van der Waals surface area contributed by atoms with Crippen LogP contribution in [0.4, 0.5) is 23.1 Å². The molecule has 10 nitrogen and oxygen atoms in total. The zero-order valence-corrected chi connectivity index (χ0v) is 19.6. The summed E-state index contributed by atoms with van der Waals surface area (Å²) in [5, 5.41) is 14.4. The Morgan fingerprint density at radius 2 is 2.00 bits per heavy atom. The second-order valence-corrected chi connectivity index (χ2v) is 8.02. The Balaban J connectivity index is 1.64. The summed E-state index contributed by atoms with van der Waals surface area (Å²) < 4.78 is 10.8. The van der Waals surface area contributed by atoms with E-state index < -0.39 is 5.91 Å². The van der Waals surface area contributed by atoms with E-state index in [-0.39, 0.29) is 17.5 Å². The van der Waals surface area contributed by atoms with E-state index in [2.05, 4.69) is 49.8 Å². The van der Waals surface area contributed by atoms with Crippen molar-refractivity contribution in [1.82, 2.24) is 20.1 Å². The Hall–Kier alpha value is -3.76. The van der Waals surface area contributed by atoms with Gasteiger partial charge >= 0.3 is 0 Å². The highest BCUT2D eigenvalue weighted by Crippen LogP contribution is 2.33. The van der Waals surface area contributed by atoms with Crippen LogP contribution in [0.1, 0.15) is 34.1 Å². The fraction of sp³-hybridized carbons (Fsp3) is 0.333. The standard InChI is InChI=1S/C24H29N7O3/c1-4-31-9-8-16-12-20(34-3)19(11-17(16)13-31)27-24-28-23(21(22(25)32)29-30-24)26-18-7-5-6-15(10-18)14-33-2/h5-7,10-12H,4,8-9,13-14H2,1-3H3,(H2,25,32)(H2,26,27,28,30). The second kappa shape index (κ2) is 10.4. The molecular weight excluding hydrogens is 434 g/mol. The maximum atomic E-state index is 11.9. The van der Waals surface area contributed by atoms with Gasteiger partial charge in [0, 0.05) is 25.9 Å². The van der Waals surface area contributed by atoms with Crippen molar-refractivity contribution < 1.29 is 14.3 Å². The van der Waals surface area contributed by atoms with Gasteiger partial charge in [0.2, 0.25) is 5.95 Å². The van der Waals surface area contributed by atoms with Crippen molar-refractivity contribution in [2.24, 2.45) is 5.73 Å². The van der Waals surface area contributed by atoms with Crippen LogP contribution in [0.15, 0.2) is 36.4 Å². The molecule has 1 aliphatic rings. The number of likely N-dealkylation sites (N-methyl/N-ethyl adjacent to an activating group) is 1. The lowest BCUT2D eigenvalue weighted by molar-refractivity contribution is 0.0995. The summed E-state index contributed by atoms with van der Waals surface area (Å²) in [6.07, 6.45) is 0.974. The van der Waals surface area contributed by atoms with E-state index in [0.29, 0.717) is 12.4 Å². The molecule has 2 heterocycles. The minimum atomic E-state index is -0.729. The van der Waals surface area contributed by atoms with E-state index >= 15 is 0 Å². The number of anilines is 4. The lowest BCUT2D eigenvalue weighted by Gasteiger charge is -2.28. The Labute approximate surface area is 198 Å². The van der Waals surface area contributed by atoms with Crippen molar-refractivity contribution in [2.75, 3.05) is 37.9 Å². The van der Waals surface area contributed by atoms with Crippen LogP contribution in [-0.2, 0) is 24.3 Å². The predicted octanol–water partition coefficient (Wildman–Crippen LogP) is 2.99. The molecule has 1 aliphatic heterocycles. The number of benzene rings is 2. The molecule has 0 spiro atoms. The molecule has 0 aliphatic carbocycles. The summed E-state index contributed by atoms with van der Waals surface area (Å²) in [6, 6.07) is 11.7. The summed E-state index contributed by atoms with van der Waals surface area (Å²) >= 11 is 0. The van der Waals surface area contributed by atoms with Crippen LogP contribution in [0.3, 0.4) is 0 Å². The third kappa shape index (κ3) is 5.24. The number of hydrogen-bond acceptors (Lipinski definition) is 9. The molecule has 0 bridgehead atoms. The highest BCUT2D eigenvalue weighted by Gasteiger charge is 2.20. The summed E-state index contributed by atoms with van der Waals surface area (Å²) in [5.74, 6) is 0.372. The third-order valence-electron chi connectivity index (χ3n) is 5.73. The molecule has 10 heteroatoms. The smallest absolute Gasteiger partial charge is 0.273 e. The van der Waals surface area contributed by atoms with Crippen LogP contribution < -0.4 is 21.1 Å². The van der Waals surface area contributed by atoms with Gasteiger partial charge in [0.15, 0.2) is 11.5 Å². The van der Waals surface area contributed by atoms with E-state index in [4.69, 9.17) is 15.2 Å². The molecule has 0 atom stereocenters. The quantitative estimate of drug-likeness (QED) is 0.439. The maximum absolute atomic E-state index is 11.9. The van der Waals surface area contributed by atoms with Crippen LogP contribution in [-0.4, -0.2) is 53.3 Å². The molecule has 3 aromatic rings. The van der Waals surface area contributed by atoms with Crippen molar-refractivity contribution in [3.8, 4) is 5.75 Å². The zero-order chi connectivity index (χ0) is 24.1. The van der Waals surface area contributed by atoms with Gasteiger partial charge in [-0.25, -0.2) is 0 Å². The molecular formula is C24H29N7O3. The maximum Gasteiger partial charge on any atom is 0.273 e. The number of aromatic nitrogens is 3. The number of primary amides is 1. The first kappa shape index (κ1) is 23.4. The predicted molar refractivity (Wildman–Crippen MR) is 130 cm³/mol. The number of rotatable bonds is 9. The summed E-state index contributed by atoms with van der Waals surface area (Å²) in [6.45, 7) is 5.51. The van der Waals surface area contributed by atoms with E-state index in [0.717, 1.165) is 43.0 Å². The van der Waals surface area contributed by atoms with Gasteiger partial charge in [-0.1, -0.05) is 19.1 Å². The monoisotopic (exact) mass is 463 g/mol. The minimum Gasteiger partial charge on any atom is -0.495 e. The van der Waals surface area contributed by atoms with Crippen LogP contribution in [0, 0.1) is 0 Å². The number of nitrogens with one attached hydrogen (secondary N) is 2. The first-order valence-electron chi connectivity index (χ1n) is 11.1. The number of fused-ring (bicyclic) bond motifs is 1. The molecule has 34 heavy (non-hydrogen) atoms. The fourth-order valence-corrected chi connectivity index (χ4v) is 3.98. The molecule has 0 radical (unpaired) electrons. The van der Waals surface area contributed by atoms with E-state index in [1.54, 1.807) is 14.2 Å². The minimum absolute atomic E-state index is 0.0568. The second-order valence-electron chi connectivity index (χ2n) is 8.02. The summed E-state index contributed by atoms with van der Waals surface area (Å²) in [5.41, 5.74) is 10.4. The van der Waals surface area contributed by atoms with Gasteiger partial charge in [0.05, 0.1) is 19.4 Å². The molecule has 2 aromatic carbocycles. The summed E-state index contributed by atoms with van der Waals surface area (Å²) in [7, 11) is 3.26. The highest BCUT2D eigenvalue weighted by molar-refractivity contribution is 5.96. The topological polar surface area (TPSA) is 128 Å². The van der Waals surface area contributed by atoms with Crippen molar-refractivity contribution >= 4 is 29.0 Å². The van der Waals surface area contributed by atoms with Gasteiger partial charge in [-0.05, 0) is 53.9 Å².